The molecule has 1 amide bonds. The van der Waals surface area contributed by atoms with E-state index in [0.717, 1.165) is 0 Å². The summed E-state index contributed by atoms with van der Waals surface area (Å²) in [5.41, 5.74) is 3.61. The van der Waals surface area contributed by atoms with E-state index in [9.17, 15) is 9.59 Å². The molecule has 0 fully saturated rings. The lowest BCUT2D eigenvalue weighted by Crippen LogP contribution is -2.17. The van der Waals surface area contributed by atoms with E-state index in [1.807, 2.05) is 0 Å². The second kappa shape index (κ2) is 10.5. The van der Waals surface area contributed by atoms with E-state index >= 15 is 0 Å². The van der Waals surface area contributed by atoms with Crippen LogP contribution in [0.3, 0.4) is 0 Å². The smallest absolute Gasteiger partial charge is 0.345 e. The highest BCUT2D eigenvalue weighted by Gasteiger charge is 2.17. The number of carbonyl (C=O) groups is 2. The van der Waals surface area contributed by atoms with E-state index < -0.39 is 11.9 Å². The van der Waals surface area contributed by atoms with E-state index in [4.69, 9.17) is 42.1 Å². The maximum atomic E-state index is 12.5. The molecule has 0 spiro atoms. The summed E-state index contributed by atoms with van der Waals surface area (Å²) < 4.78 is 21.6. The third-order valence-corrected chi connectivity index (χ3v) is 5.18. The van der Waals surface area contributed by atoms with Gasteiger partial charge in [-0.2, -0.15) is 5.10 Å². The second-order valence-electron chi connectivity index (χ2n) is 6.92. The van der Waals surface area contributed by atoms with Gasteiger partial charge in [0.15, 0.2) is 23.0 Å². The molecule has 0 saturated heterocycles. The third-order valence-electron chi connectivity index (χ3n) is 4.64. The van der Waals surface area contributed by atoms with Crippen molar-refractivity contribution in [3.05, 3.63) is 81.3 Å². The van der Waals surface area contributed by atoms with Crippen LogP contribution in [-0.4, -0.2) is 31.5 Å². The molecule has 0 aliphatic carbocycles. The molecule has 0 atom stereocenters. The van der Waals surface area contributed by atoms with Crippen molar-refractivity contribution < 1.29 is 28.5 Å². The maximum Gasteiger partial charge on any atom is 0.345 e. The summed E-state index contributed by atoms with van der Waals surface area (Å²) in [5.74, 6) is 0.557. The molecule has 0 bridgehead atoms. The molecule has 10 heteroatoms. The van der Waals surface area contributed by atoms with Crippen molar-refractivity contribution in [1.29, 1.82) is 0 Å². The fourth-order valence-electron chi connectivity index (χ4n) is 3.04. The van der Waals surface area contributed by atoms with Crippen molar-refractivity contribution in [3.63, 3.8) is 0 Å². The molecule has 3 aromatic rings. The number of rotatable bonds is 7. The normalized spacial score (nSPS) is 12.0. The lowest BCUT2D eigenvalue weighted by atomic mass is 10.2. The van der Waals surface area contributed by atoms with Crippen molar-refractivity contribution in [2.24, 2.45) is 5.10 Å². The van der Waals surface area contributed by atoms with E-state index in [2.05, 4.69) is 10.5 Å². The number of hydrazone groups is 1. The fraction of sp³-hybridized carbons (Fsp3) is 0.125. The maximum absolute atomic E-state index is 12.5. The van der Waals surface area contributed by atoms with Crippen molar-refractivity contribution in [3.8, 4) is 23.0 Å². The van der Waals surface area contributed by atoms with E-state index in [1.54, 1.807) is 49.4 Å². The first-order valence-corrected chi connectivity index (χ1v) is 10.9. The molecule has 8 nitrogen and oxygen atoms in total. The van der Waals surface area contributed by atoms with Crippen molar-refractivity contribution in [1.82, 2.24) is 5.43 Å². The van der Waals surface area contributed by atoms with Crippen LogP contribution in [0.25, 0.3) is 0 Å². The number of nitrogens with zero attached hydrogens (tertiary/aromatic N) is 1. The highest BCUT2D eigenvalue weighted by molar-refractivity contribution is 6.36. The fourth-order valence-corrected chi connectivity index (χ4v) is 3.52. The first kappa shape index (κ1) is 23.4. The van der Waals surface area contributed by atoms with Gasteiger partial charge in [-0.3, -0.25) is 4.79 Å². The molecule has 0 aromatic heterocycles. The number of ether oxygens (including phenoxy) is 4. The number of hydrogen-bond acceptors (Lipinski definition) is 7. The van der Waals surface area contributed by atoms with Gasteiger partial charge in [0.1, 0.15) is 0 Å². The topological polar surface area (TPSA) is 95.5 Å². The largest absolute Gasteiger partial charge is 0.490 e. The SMILES string of the molecule is CCOc1cc(C=NNC(=O)c2ccc3c(c2)OCO3)ccc1OC(=O)c1ccc(Cl)cc1Cl. The van der Waals surface area contributed by atoms with Gasteiger partial charge in [-0.05, 0) is 67.1 Å². The quantitative estimate of drug-likeness (QED) is 0.209. The number of carbonyl (C=O) groups excluding carboxylic acids is 2. The number of amides is 1. The van der Waals surface area contributed by atoms with Crippen LogP contribution in [0, 0.1) is 0 Å². The molecule has 0 unspecified atom stereocenters. The molecule has 4 rings (SSSR count). The lowest BCUT2D eigenvalue weighted by Gasteiger charge is -2.12. The van der Waals surface area contributed by atoms with E-state index in [1.165, 1.54) is 18.3 Å². The first-order chi connectivity index (χ1) is 16.4. The van der Waals surface area contributed by atoms with Gasteiger partial charge in [-0.15, -0.1) is 0 Å². The van der Waals surface area contributed by atoms with Crippen molar-refractivity contribution >= 4 is 41.3 Å². The summed E-state index contributed by atoms with van der Waals surface area (Å²) in [6.07, 6.45) is 1.44. The Morgan fingerprint density at radius 1 is 1.03 bits per heavy atom. The second-order valence-corrected chi connectivity index (χ2v) is 7.76. The zero-order valence-corrected chi connectivity index (χ0v) is 19.4. The van der Waals surface area contributed by atoms with Crippen LogP contribution in [0.4, 0.5) is 0 Å². The Kier molecular flexibility index (Phi) is 7.20. The Morgan fingerprint density at radius 3 is 2.65 bits per heavy atom. The van der Waals surface area contributed by atoms with E-state index in [-0.39, 0.29) is 23.1 Å². The van der Waals surface area contributed by atoms with Gasteiger partial charge in [0.25, 0.3) is 5.91 Å². The van der Waals surface area contributed by atoms with Crippen LogP contribution in [0.2, 0.25) is 10.0 Å². The van der Waals surface area contributed by atoms with Gasteiger partial charge >= 0.3 is 5.97 Å². The third kappa shape index (κ3) is 5.41. The minimum atomic E-state index is -0.653. The van der Waals surface area contributed by atoms with Gasteiger partial charge in [-0.25, -0.2) is 10.2 Å². The summed E-state index contributed by atoms with van der Waals surface area (Å²) in [6, 6.07) is 14.2. The van der Waals surface area contributed by atoms with Gasteiger partial charge < -0.3 is 18.9 Å². The average Bonchev–Trinajstić information content (AvgIpc) is 3.28. The highest BCUT2D eigenvalue weighted by Crippen LogP contribution is 2.33. The Morgan fingerprint density at radius 2 is 1.85 bits per heavy atom. The standard InChI is InChI=1S/C24H18Cl2N2O6/c1-2-31-21-9-14(3-7-20(21)34-24(30)17-6-5-16(25)11-18(17)26)12-27-28-23(29)15-4-8-19-22(10-15)33-13-32-19/h3-12H,2,13H2,1H3,(H,28,29). The molecule has 0 radical (unpaired) electrons. The minimum Gasteiger partial charge on any atom is -0.490 e. The summed E-state index contributed by atoms with van der Waals surface area (Å²) >= 11 is 12.0. The summed E-state index contributed by atoms with van der Waals surface area (Å²) in [5, 5.41) is 4.57. The number of nitrogens with one attached hydrogen (secondary N) is 1. The number of esters is 1. The van der Waals surface area contributed by atoms with Gasteiger partial charge in [-0.1, -0.05) is 23.2 Å². The Bertz CT molecular complexity index is 1280. The molecule has 0 saturated carbocycles. The van der Waals surface area contributed by atoms with Crippen LogP contribution in [0.15, 0.2) is 59.7 Å². The van der Waals surface area contributed by atoms with Crippen LogP contribution >= 0.6 is 23.2 Å². The van der Waals surface area contributed by atoms with Gasteiger partial charge in [0.05, 0.1) is 23.4 Å². The van der Waals surface area contributed by atoms with Crippen molar-refractivity contribution in [2.45, 2.75) is 6.92 Å². The molecule has 1 heterocycles. The van der Waals surface area contributed by atoms with Crippen LogP contribution in [-0.2, 0) is 0 Å². The van der Waals surface area contributed by atoms with Gasteiger partial charge in [0.2, 0.25) is 6.79 Å². The molecule has 174 valence electrons. The van der Waals surface area contributed by atoms with Crippen LogP contribution in [0.5, 0.6) is 23.0 Å². The van der Waals surface area contributed by atoms with Crippen molar-refractivity contribution in [2.75, 3.05) is 13.4 Å². The summed E-state index contributed by atoms with van der Waals surface area (Å²) in [7, 11) is 0. The number of halogens is 2. The predicted molar refractivity (Wildman–Crippen MR) is 127 cm³/mol. The number of benzene rings is 3. The molecule has 1 aliphatic heterocycles. The highest BCUT2D eigenvalue weighted by atomic mass is 35.5. The average molecular weight is 501 g/mol. The minimum absolute atomic E-state index is 0.124. The van der Waals surface area contributed by atoms with Gasteiger partial charge in [0, 0.05) is 10.6 Å². The Balaban J connectivity index is 1.44. The molecule has 3 aromatic carbocycles. The lowest BCUT2D eigenvalue weighted by molar-refractivity contribution is 0.0728. The zero-order valence-electron chi connectivity index (χ0n) is 17.8. The van der Waals surface area contributed by atoms with E-state index in [0.29, 0.717) is 40.0 Å². The Labute approximate surface area is 205 Å². The monoisotopic (exact) mass is 500 g/mol. The predicted octanol–water partition coefficient (Wildman–Crippen LogP) is 5.10. The molecular weight excluding hydrogens is 483 g/mol. The number of fused-ring (bicyclic) bond motifs is 1. The summed E-state index contributed by atoms with van der Waals surface area (Å²) in [6.45, 7) is 2.26. The summed E-state index contributed by atoms with van der Waals surface area (Å²) in [4.78, 5) is 24.9. The van der Waals surface area contributed by atoms with Crippen LogP contribution < -0.4 is 24.4 Å². The molecule has 34 heavy (non-hydrogen) atoms. The molecule has 1 N–H and O–H groups in total. The molecule has 1 aliphatic rings. The zero-order chi connectivity index (χ0) is 24.1. The molecular formula is C24H18Cl2N2O6. The number of hydrogen-bond donors (Lipinski definition) is 1. The first-order valence-electron chi connectivity index (χ1n) is 10.1. The Hall–Kier alpha value is -3.75. The van der Waals surface area contributed by atoms with Crippen LogP contribution in [0.1, 0.15) is 33.2 Å².